The number of halogens is 1. The van der Waals surface area contributed by atoms with Gasteiger partial charge in [0.05, 0.1) is 27.2 Å². The first kappa shape index (κ1) is 28.5. The smallest absolute Gasteiger partial charge is 0.312 e. The van der Waals surface area contributed by atoms with Crippen molar-refractivity contribution in [1.82, 2.24) is 19.5 Å². The number of hydrogen-bond donors (Lipinski definition) is 3. The Kier molecular flexibility index (Phi) is 7.67. The summed E-state index contributed by atoms with van der Waals surface area (Å²) in [7, 11) is 3.19. The second-order valence-corrected chi connectivity index (χ2v) is 10.1. The van der Waals surface area contributed by atoms with E-state index in [1.54, 1.807) is 14.2 Å². The molecule has 1 aliphatic heterocycles. The van der Waals surface area contributed by atoms with Crippen LogP contribution >= 0.6 is 0 Å². The fraction of sp³-hybridized carbons (Fsp3) is 0.258. The largest absolute Gasteiger partial charge is 0.497 e. The lowest BCUT2D eigenvalue weighted by molar-refractivity contribution is -0.0942. The fourth-order valence-electron chi connectivity index (χ4n) is 5.48. The number of aromatic nitrogens is 4. The second-order valence-electron chi connectivity index (χ2n) is 10.1. The Labute approximate surface area is 246 Å². The van der Waals surface area contributed by atoms with E-state index in [-0.39, 0.29) is 23.6 Å². The van der Waals surface area contributed by atoms with Gasteiger partial charge >= 0.3 is 6.08 Å². The van der Waals surface area contributed by atoms with Crippen LogP contribution in [0.3, 0.4) is 0 Å². The molecule has 3 heterocycles. The summed E-state index contributed by atoms with van der Waals surface area (Å²) in [5, 5.41) is 22.1. The molecule has 0 radical (unpaired) electrons. The fourth-order valence-corrected chi connectivity index (χ4v) is 5.48. The molecule has 0 spiro atoms. The van der Waals surface area contributed by atoms with Crippen LogP contribution in [0.2, 0.25) is 0 Å². The minimum absolute atomic E-state index is 0.0258. The van der Waals surface area contributed by atoms with Gasteiger partial charge in [0.25, 0.3) is 0 Å². The number of nitrogens with zero attached hydrogens (tertiary/aromatic N) is 4. The van der Waals surface area contributed by atoms with Crippen molar-refractivity contribution in [3.63, 3.8) is 0 Å². The zero-order valence-electron chi connectivity index (χ0n) is 23.4. The van der Waals surface area contributed by atoms with Gasteiger partial charge in [-0.1, -0.05) is 54.6 Å². The molecule has 0 aliphatic carbocycles. The number of benzene rings is 3. The predicted octanol–water partition coefficient (Wildman–Crippen LogP) is 3.19. The van der Waals surface area contributed by atoms with Gasteiger partial charge in [-0.05, 0) is 41.0 Å². The number of fused-ring (bicyclic) bond motifs is 1. The summed E-state index contributed by atoms with van der Waals surface area (Å²) in [5.74, 6) is 1.20. The molecular formula is C31H30FN5O6. The zero-order valence-corrected chi connectivity index (χ0v) is 23.4. The van der Waals surface area contributed by atoms with Gasteiger partial charge < -0.3 is 34.9 Å². The molecule has 4 atom stereocenters. The lowest BCUT2D eigenvalue weighted by atomic mass is 9.80. The molecule has 12 heteroatoms. The minimum atomic E-state index is -1.40. The van der Waals surface area contributed by atoms with Gasteiger partial charge in [-0.3, -0.25) is 4.57 Å². The number of anilines is 1. The topological polar surface area (TPSA) is 147 Å². The SMILES string of the molecule is COc1ccc(C(OC[C@H]2O[C@@H](n3cnc4c(N)nc(F)nc43)[C@H](O)[C@@H]2O)(c2ccccc2)c2ccc(OC)cc2)cc1. The first-order valence-electron chi connectivity index (χ1n) is 13.5. The van der Waals surface area contributed by atoms with Crippen molar-refractivity contribution in [3.8, 4) is 11.5 Å². The number of nitrogen functional groups attached to an aromatic ring is 1. The number of imidazole rings is 1. The maximum atomic E-state index is 14.0. The van der Waals surface area contributed by atoms with E-state index in [1.165, 1.54) is 10.9 Å². The number of ether oxygens (including phenoxy) is 4. The molecule has 5 aromatic rings. The quantitative estimate of drug-likeness (QED) is 0.174. The number of methoxy groups -OCH3 is 2. The van der Waals surface area contributed by atoms with Gasteiger partial charge in [-0.2, -0.15) is 14.4 Å². The molecule has 1 fully saturated rings. The summed E-state index contributed by atoms with van der Waals surface area (Å²) in [4.78, 5) is 11.4. The Morgan fingerprint density at radius 3 is 2.02 bits per heavy atom. The van der Waals surface area contributed by atoms with Gasteiger partial charge in [0.15, 0.2) is 23.2 Å². The minimum Gasteiger partial charge on any atom is -0.497 e. The highest BCUT2D eigenvalue weighted by Gasteiger charge is 2.47. The maximum Gasteiger partial charge on any atom is 0.312 e. The third-order valence-electron chi connectivity index (χ3n) is 7.67. The molecule has 43 heavy (non-hydrogen) atoms. The summed E-state index contributed by atoms with van der Waals surface area (Å²) in [6.45, 7) is -0.139. The first-order chi connectivity index (χ1) is 20.8. The molecule has 0 unspecified atom stereocenters. The Hall–Kier alpha value is -4.62. The van der Waals surface area contributed by atoms with Gasteiger partial charge in [-0.25, -0.2) is 4.98 Å². The molecule has 1 aliphatic rings. The van der Waals surface area contributed by atoms with Gasteiger partial charge in [0.1, 0.15) is 35.4 Å². The predicted molar refractivity (Wildman–Crippen MR) is 154 cm³/mol. The van der Waals surface area contributed by atoms with Crippen molar-refractivity contribution in [3.05, 3.63) is 108 Å². The zero-order chi connectivity index (χ0) is 30.1. The van der Waals surface area contributed by atoms with E-state index >= 15 is 0 Å². The molecule has 3 aromatic carbocycles. The van der Waals surface area contributed by atoms with Crippen LogP contribution in [-0.2, 0) is 15.1 Å². The molecule has 222 valence electrons. The van der Waals surface area contributed by atoms with E-state index in [0.717, 1.165) is 16.7 Å². The van der Waals surface area contributed by atoms with Crippen LogP contribution in [0.5, 0.6) is 11.5 Å². The molecular weight excluding hydrogens is 557 g/mol. The number of nitrogens with two attached hydrogens (primary N) is 1. The highest BCUT2D eigenvalue weighted by atomic mass is 19.1. The summed E-state index contributed by atoms with van der Waals surface area (Å²) < 4.78 is 39.1. The van der Waals surface area contributed by atoms with Crippen molar-refractivity contribution in [1.29, 1.82) is 0 Å². The summed E-state index contributed by atoms with van der Waals surface area (Å²) in [5.41, 5.74) is 7.20. The molecule has 4 N–H and O–H groups in total. The Morgan fingerprint density at radius 2 is 1.44 bits per heavy atom. The number of aliphatic hydroxyl groups excluding tert-OH is 2. The average molecular weight is 588 g/mol. The molecule has 11 nitrogen and oxygen atoms in total. The van der Waals surface area contributed by atoms with Crippen LogP contribution in [-0.4, -0.2) is 68.9 Å². The number of hydrogen-bond acceptors (Lipinski definition) is 10. The molecule has 0 bridgehead atoms. The van der Waals surface area contributed by atoms with Gasteiger partial charge in [0, 0.05) is 0 Å². The van der Waals surface area contributed by atoms with E-state index in [9.17, 15) is 14.6 Å². The van der Waals surface area contributed by atoms with Crippen molar-refractivity contribution >= 4 is 17.0 Å². The molecule has 1 saturated heterocycles. The summed E-state index contributed by atoms with van der Waals surface area (Å²) in [6.07, 6.45) is -4.63. The lowest BCUT2D eigenvalue weighted by Crippen LogP contribution is -2.39. The van der Waals surface area contributed by atoms with Crippen LogP contribution in [0.1, 0.15) is 22.9 Å². The van der Waals surface area contributed by atoms with Crippen LogP contribution in [0.4, 0.5) is 10.2 Å². The van der Waals surface area contributed by atoms with Crippen molar-refractivity contribution in [2.45, 2.75) is 30.1 Å². The van der Waals surface area contributed by atoms with Crippen molar-refractivity contribution in [2.75, 3.05) is 26.6 Å². The normalized spacial score (nSPS) is 20.4. The summed E-state index contributed by atoms with van der Waals surface area (Å²) >= 11 is 0. The highest BCUT2D eigenvalue weighted by Crippen LogP contribution is 2.43. The Bertz CT molecular complexity index is 1650. The van der Waals surface area contributed by atoms with E-state index in [4.69, 9.17) is 24.7 Å². The van der Waals surface area contributed by atoms with Crippen molar-refractivity contribution < 1.29 is 33.6 Å². The van der Waals surface area contributed by atoms with Crippen LogP contribution in [0, 0.1) is 6.08 Å². The number of aliphatic hydroxyl groups is 2. The van der Waals surface area contributed by atoms with Crippen LogP contribution in [0.25, 0.3) is 11.2 Å². The van der Waals surface area contributed by atoms with E-state index < -0.39 is 36.2 Å². The monoisotopic (exact) mass is 587 g/mol. The third-order valence-corrected chi connectivity index (χ3v) is 7.67. The number of rotatable bonds is 9. The molecule has 0 amide bonds. The molecule has 6 rings (SSSR count). The summed E-state index contributed by atoms with van der Waals surface area (Å²) in [6, 6.07) is 24.7. The Morgan fingerprint density at radius 1 is 0.860 bits per heavy atom. The Balaban J connectivity index is 1.39. The first-order valence-corrected chi connectivity index (χ1v) is 13.5. The molecule has 2 aromatic heterocycles. The van der Waals surface area contributed by atoms with Gasteiger partial charge in [0.2, 0.25) is 0 Å². The average Bonchev–Trinajstić information content (AvgIpc) is 3.58. The van der Waals surface area contributed by atoms with Gasteiger partial charge in [-0.15, -0.1) is 0 Å². The van der Waals surface area contributed by atoms with E-state index in [1.807, 2.05) is 78.9 Å². The van der Waals surface area contributed by atoms with Crippen molar-refractivity contribution in [2.24, 2.45) is 0 Å². The van der Waals surface area contributed by atoms with Crippen LogP contribution in [0.15, 0.2) is 85.2 Å². The molecule has 0 saturated carbocycles. The lowest BCUT2D eigenvalue weighted by Gasteiger charge is -2.37. The maximum absolute atomic E-state index is 14.0. The van der Waals surface area contributed by atoms with E-state index in [0.29, 0.717) is 11.5 Å². The highest BCUT2D eigenvalue weighted by molar-refractivity contribution is 5.81. The van der Waals surface area contributed by atoms with Crippen LogP contribution < -0.4 is 15.2 Å². The standard InChI is InChI=1S/C31H30FN5O6/c1-40-21-12-8-19(9-13-21)31(18-6-4-3-5-7-18,20-10-14-22(41-2)15-11-20)42-16-23-25(38)26(39)29(43-23)37-17-34-24-27(33)35-30(32)36-28(24)37/h3-15,17,23,25-26,29,38-39H,16H2,1-2H3,(H2,33,35,36)/t23-,25-,26-,29-/m1/s1. The van der Waals surface area contributed by atoms with E-state index in [2.05, 4.69) is 15.0 Å². The third kappa shape index (κ3) is 5.04. The second kappa shape index (κ2) is 11.6.